The van der Waals surface area contributed by atoms with Crippen LogP contribution in [0, 0.1) is 5.92 Å². The van der Waals surface area contributed by atoms with E-state index in [0.717, 1.165) is 16.7 Å². The largest absolute Gasteiger partial charge is 0.391 e. The molecule has 6 heteroatoms. The van der Waals surface area contributed by atoms with Gasteiger partial charge < -0.3 is 15.7 Å². The van der Waals surface area contributed by atoms with Crippen molar-refractivity contribution < 1.29 is 9.90 Å². The Morgan fingerprint density at radius 2 is 1.72 bits per heavy atom. The van der Waals surface area contributed by atoms with E-state index < -0.39 is 6.10 Å². The molecule has 0 spiro atoms. The lowest BCUT2D eigenvalue weighted by Crippen LogP contribution is -2.41. The highest BCUT2D eigenvalue weighted by molar-refractivity contribution is 5.74. The zero-order chi connectivity index (χ0) is 18.2. The molecule has 2 rings (SSSR count). The number of aromatic nitrogens is 2. The van der Waals surface area contributed by atoms with Gasteiger partial charge in [-0.05, 0) is 30.4 Å². The molecule has 2 amide bonds. The average Bonchev–Trinajstić information content (AvgIpc) is 2.60. The number of benzene rings is 1. The van der Waals surface area contributed by atoms with Gasteiger partial charge in [-0.25, -0.2) is 14.8 Å². The summed E-state index contributed by atoms with van der Waals surface area (Å²) in [5.74, 6) is 0.396. The molecule has 0 saturated heterocycles. The highest BCUT2D eigenvalue weighted by atomic mass is 16.3. The molecule has 0 fully saturated rings. The van der Waals surface area contributed by atoms with Gasteiger partial charge in [0, 0.05) is 24.5 Å². The van der Waals surface area contributed by atoms with Crippen molar-refractivity contribution in [3.63, 3.8) is 0 Å². The van der Waals surface area contributed by atoms with Crippen molar-refractivity contribution in [3.05, 3.63) is 48.5 Å². The minimum Gasteiger partial charge on any atom is -0.391 e. The highest BCUT2D eigenvalue weighted by Gasteiger charge is 2.12. The Labute approximate surface area is 148 Å². The Bertz CT molecular complexity index is 659. The van der Waals surface area contributed by atoms with Gasteiger partial charge in [-0.1, -0.05) is 38.1 Å². The van der Waals surface area contributed by atoms with Crippen molar-refractivity contribution in [2.24, 2.45) is 5.92 Å². The van der Waals surface area contributed by atoms with Crippen LogP contribution in [0.4, 0.5) is 4.79 Å². The molecule has 1 aromatic heterocycles. The molecular formula is C19H26N4O2. The quantitative estimate of drug-likeness (QED) is 0.722. The van der Waals surface area contributed by atoms with Gasteiger partial charge in [0.25, 0.3) is 0 Å². The Hall–Kier alpha value is -2.47. The number of carbonyl (C=O) groups excluding carboxylic acids is 1. The Morgan fingerprint density at radius 3 is 2.32 bits per heavy atom. The standard InChI is InChI=1S/C19H26N4O2/c1-13(2)8-18(24)11-22-19(25)23-14(3)15-4-6-16(7-5-15)17-9-20-12-21-10-17/h4-7,9-10,12-14,18,24H,8,11H2,1-3H3,(H2,22,23,25). The molecule has 0 saturated carbocycles. The highest BCUT2D eigenvalue weighted by Crippen LogP contribution is 2.20. The van der Waals surface area contributed by atoms with Gasteiger partial charge >= 0.3 is 6.03 Å². The summed E-state index contributed by atoms with van der Waals surface area (Å²) in [6.07, 6.45) is 5.17. The molecule has 3 N–H and O–H groups in total. The molecule has 25 heavy (non-hydrogen) atoms. The number of hydrogen-bond donors (Lipinski definition) is 3. The maximum Gasteiger partial charge on any atom is 0.315 e. The van der Waals surface area contributed by atoms with Gasteiger partial charge in [0.15, 0.2) is 0 Å². The van der Waals surface area contributed by atoms with Crippen LogP contribution in [0.25, 0.3) is 11.1 Å². The first kappa shape index (κ1) is 18.9. The third-order valence-corrected chi connectivity index (χ3v) is 3.89. The number of rotatable bonds is 7. The number of urea groups is 1. The number of amides is 2. The van der Waals surface area contributed by atoms with E-state index in [9.17, 15) is 9.90 Å². The van der Waals surface area contributed by atoms with E-state index in [1.165, 1.54) is 6.33 Å². The summed E-state index contributed by atoms with van der Waals surface area (Å²) in [5, 5.41) is 15.4. The molecule has 2 unspecified atom stereocenters. The molecule has 0 aliphatic rings. The smallest absolute Gasteiger partial charge is 0.315 e. The summed E-state index contributed by atoms with van der Waals surface area (Å²) in [7, 11) is 0. The van der Waals surface area contributed by atoms with Gasteiger partial charge in [0.05, 0.1) is 12.1 Å². The van der Waals surface area contributed by atoms with Crippen LogP contribution in [0.5, 0.6) is 0 Å². The van der Waals surface area contributed by atoms with Crippen LogP contribution in [0.2, 0.25) is 0 Å². The SMILES string of the molecule is CC(C)CC(O)CNC(=O)NC(C)c1ccc(-c2cncnc2)cc1. The van der Waals surface area contributed by atoms with Crippen LogP contribution < -0.4 is 10.6 Å². The monoisotopic (exact) mass is 342 g/mol. The fourth-order valence-electron chi connectivity index (χ4n) is 2.58. The lowest BCUT2D eigenvalue weighted by atomic mass is 10.0. The average molecular weight is 342 g/mol. The van der Waals surface area contributed by atoms with E-state index in [2.05, 4.69) is 20.6 Å². The van der Waals surface area contributed by atoms with Gasteiger partial charge in [-0.2, -0.15) is 0 Å². The first-order valence-corrected chi connectivity index (χ1v) is 8.53. The minimum absolute atomic E-state index is 0.136. The Morgan fingerprint density at radius 1 is 1.08 bits per heavy atom. The van der Waals surface area contributed by atoms with Crippen LogP contribution >= 0.6 is 0 Å². The number of aliphatic hydroxyl groups is 1. The van der Waals surface area contributed by atoms with Crippen LogP contribution in [0.3, 0.4) is 0 Å². The molecule has 1 heterocycles. The zero-order valence-electron chi connectivity index (χ0n) is 14.9. The van der Waals surface area contributed by atoms with Gasteiger partial charge in [0.2, 0.25) is 0 Å². The van der Waals surface area contributed by atoms with Crippen LogP contribution in [-0.4, -0.2) is 33.8 Å². The normalized spacial score (nSPS) is 13.3. The number of nitrogens with zero attached hydrogens (tertiary/aromatic N) is 2. The summed E-state index contributed by atoms with van der Waals surface area (Å²) >= 11 is 0. The fourth-order valence-corrected chi connectivity index (χ4v) is 2.58. The Kier molecular flexibility index (Phi) is 6.89. The lowest BCUT2D eigenvalue weighted by Gasteiger charge is -2.18. The van der Waals surface area contributed by atoms with Crippen molar-refractivity contribution >= 4 is 6.03 Å². The third kappa shape index (κ3) is 6.15. The van der Waals surface area contributed by atoms with E-state index in [0.29, 0.717) is 12.3 Å². The lowest BCUT2D eigenvalue weighted by molar-refractivity contribution is 0.146. The molecule has 6 nitrogen and oxygen atoms in total. The van der Waals surface area contributed by atoms with Crippen molar-refractivity contribution in [2.45, 2.75) is 39.3 Å². The number of carbonyl (C=O) groups is 1. The van der Waals surface area contributed by atoms with E-state index in [4.69, 9.17) is 0 Å². The predicted molar refractivity (Wildman–Crippen MR) is 97.9 cm³/mol. The molecule has 0 aliphatic heterocycles. The van der Waals surface area contributed by atoms with Crippen molar-refractivity contribution in [3.8, 4) is 11.1 Å². The Balaban J connectivity index is 1.86. The number of aliphatic hydroxyl groups excluding tert-OH is 1. The molecular weight excluding hydrogens is 316 g/mol. The van der Waals surface area contributed by atoms with Gasteiger partial charge in [0.1, 0.15) is 6.33 Å². The van der Waals surface area contributed by atoms with Crippen molar-refractivity contribution in [2.75, 3.05) is 6.54 Å². The van der Waals surface area contributed by atoms with E-state index in [1.54, 1.807) is 12.4 Å². The number of nitrogens with one attached hydrogen (secondary N) is 2. The molecule has 2 aromatic rings. The summed E-state index contributed by atoms with van der Waals surface area (Å²) < 4.78 is 0. The summed E-state index contributed by atoms with van der Waals surface area (Å²) in [6.45, 7) is 6.25. The molecule has 0 radical (unpaired) electrons. The molecule has 0 aliphatic carbocycles. The third-order valence-electron chi connectivity index (χ3n) is 3.89. The van der Waals surface area contributed by atoms with Crippen molar-refractivity contribution in [1.29, 1.82) is 0 Å². The van der Waals surface area contributed by atoms with Crippen LogP contribution in [0.1, 0.15) is 38.8 Å². The molecule has 2 atom stereocenters. The van der Waals surface area contributed by atoms with E-state index >= 15 is 0 Å². The predicted octanol–water partition coefficient (Wildman–Crippen LogP) is 2.91. The first-order chi connectivity index (χ1) is 12.0. The second kappa shape index (κ2) is 9.13. The second-order valence-corrected chi connectivity index (χ2v) is 6.61. The van der Waals surface area contributed by atoms with Crippen LogP contribution in [0.15, 0.2) is 43.0 Å². The van der Waals surface area contributed by atoms with Crippen LogP contribution in [-0.2, 0) is 0 Å². The minimum atomic E-state index is -0.520. The summed E-state index contributed by atoms with van der Waals surface area (Å²) in [6, 6.07) is 7.49. The number of hydrogen-bond acceptors (Lipinski definition) is 4. The summed E-state index contributed by atoms with van der Waals surface area (Å²) in [4.78, 5) is 20.0. The zero-order valence-corrected chi connectivity index (χ0v) is 14.9. The molecule has 134 valence electrons. The maximum atomic E-state index is 12.0. The van der Waals surface area contributed by atoms with E-state index in [-0.39, 0.29) is 18.6 Å². The molecule has 0 bridgehead atoms. The van der Waals surface area contributed by atoms with E-state index in [1.807, 2.05) is 45.0 Å². The fraction of sp³-hybridized carbons (Fsp3) is 0.421. The topological polar surface area (TPSA) is 87.1 Å². The van der Waals surface area contributed by atoms with Gasteiger partial charge in [-0.3, -0.25) is 0 Å². The van der Waals surface area contributed by atoms with Crippen molar-refractivity contribution in [1.82, 2.24) is 20.6 Å². The summed E-state index contributed by atoms with van der Waals surface area (Å²) in [5.41, 5.74) is 2.97. The second-order valence-electron chi connectivity index (χ2n) is 6.61. The first-order valence-electron chi connectivity index (χ1n) is 8.53. The maximum absolute atomic E-state index is 12.0. The van der Waals surface area contributed by atoms with Gasteiger partial charge in [-0.15, -0.1) is 0 Å². The molecule has 1 aromatic carbocycles.